The average Bonchev–Trinajstić information content (AvgIpc) is 3.27. The number of carboxylic acid groups (broad SMARTS) is 1. The summed E-state index contributed by atoms with van der Waals surface area (Å²) in [6, 6.07) is 24.1. The zero-order valence-corrected chi connectivity index (χ0v) is 20.6. The van der Waals surface area contributed by atoms with Crippen LogP contribution in [0.25, 0.3) is 10.1 Å². The number of ether oxygens (including phenoxy) is 1. The van der Waals surface area contributed by atoms with Crippen molar-refractivity contribution in [1.82, 2.24) is 5.09 Å². The fraction of sp³-hybridized carbons (Fsp3) is 0.154. The molecule has 0 saturated heterocycles. The van der Waals surface area contributed by atoms with E-state index in [9.17, 15) is 19.3 Å². The van der Waals surface area contributed by atoms with Gasteiger partial charge in [0.1, 0.15) is 23.3 Å². The fourth-order valence-corrected chi connectivity index (χ4v) is 6.42. The lowest BCUT2D eigenvalue weighted by Crippen LogP contribution is -2.34. The molecule has 9 heteroatoms. The van der Waals surface area contributed by atoms with Crippen LogP contribution in [0.4, 0.5) is 0 Å². The Bertz CT molecular complexity index is 1370. The summed E-state index contributed by atoms with van der Waals surface area (Å²) in [5.74, 6) is -1.14. The van der Waals surface area contributed by atoms with Crippen molar-refractivity contribution in [3.05, 3.63) is 101 Å². The Morgan fingerprint density at radius 1 is 0.971 bits per heavy atom. The van der Waals surface area contributed by atoms with E-state index in [1.54, 1.807) is 55.5 Å². The maximum Gasteiger partial charge on any atom is 0.345 e. The highest BCUT2D eigenvalue weighted by atomic mass is 32.1. The second kappa shape index (κ2) is 10.9. The predicted octanol–water partition coefficient (Wildman–Crippen LogP) is 6.09. The van der Waals surface area contributed by atoms with E-state index < -0.39 is 25.5 Å². The molecule has 35 heavy (non-hydrogen) atoms. The lowest BCUT2D eigenvalue weighted by Gasteiger charge is -2.24. The number of rotatable bonds is 10. The molecule has 2 atom stereocenters. The Morgan fingerprint density at radius 2 is 1.66 bits per heavy atom. The van der Waals surface area contributed by atoms with Crippen molar-refractivity contribution in [1.29, 1.82) is 0 Å². The van der Waals surface area contributed by atoms with Crippen LogP contribution in [0, 0.1) is 0 Å². The SMILES string of the molecule is C[C@H](NP(=O)(Cc1ccc2sc(C(=O)O)cc2c1)Oc1ccccc1)C(=O)OCc1ccccc1. The largest absolute Gasteiger partial charge is 0.477 e. The molecular formula is C26H24NO6PS. The van der Waals surface area contributed by atoms with Gasteiger partial charge >= 0.3 is 19.5 Å². The minimum absolute atomic E-state index is 0.00755. The number of para-hydroxylation sites is 1. The van der Waals surface area contributed by atoms with Gasteiger partial charge in [-0.05, 0) is 53.8 Å². The Kier molecular flexibility index (Phi) is 7.66. The van der Waals surface area contributed by atoms with Gasteiger partial charge < -0.3 is 14.4 Å². The lowest BCUT2D eigenvalue weighted by atomic mass is 10.2. The van der Waals surface area contributed by atoms with Gasteiger partial charge in [0.05, 0.1) is 6.16 Å². The molecule has 1 heterocycles. The Balaban J connectivity index is 1.53. The zero-order valence-electron chi connectivity index (χ0n) is 18.9. The first-order valence-electron chi connectivity index (χ1n) is 10.9. The molecule has 3 aromatic carbocycles. The van der Waals surface area contributed by atoms with Crippen LogP contribution in [-0.4, -0.2) is 23.1 Å². The molecule has 4 rings (SSSR count). The number of carbonyl (C=O) groups excluding carboxylic acids is 1. The molecule has 0 fully saturated rings. The number of carboxylic acids is 1. The summed E-state index contributed by atoms with van der Waals surface area (Å²) >= 11 is 1.18. The van der Waals surface area contributed by atoms with Crippen molar-refractivity contribution in [2.75, 3.05) is 0 Å². The van der Waals surface area contributed by atoms with E-state index in [0.29, 0.717) is 11.3 Å². The third-order valence-corrected chi connectivity index (χ3v) is 8.32. The van der Waals surface area contributed by atoms with Crippen LogP contribution in [0.3, 0.4) is 0 Å². The number of thiophene rings is 1. The van der Waals surface area contributed by atoms with Crippen molar-refractivity contribution < 1.29 is 28.5 Å². The van der Waals surface area contributed by atoms with E-state index in [0.717, 1.165) is 15.6 Å². The van der Waals surface area contributed by atoms with E-state index >= 15 is 0 Å². The minimum Gasteiger partial charge on any atom is -0.477 e. The minimum atomic E-state index is -3.62. The van der Waals surface area contributed by atoms with Crippen LogP contribution in [-0.2, 0) is 26.9 Å². The molecule has 0 saturated carbocycles. The van der Waals surface area contributed by atoms with E-state index in [4.69, 9.17) is 9.26 Å². The smallest absolute Gasteiger partial charge is 0.345 e. The van der Waals surface area contributed by atoms with Gasteiger partial charge in [-0.3, -0.25) is 9.36 Å². The van der Waals surface area contributed by atoms with Crippen LogP contribution < -0.4 is 9.61 Å². The highest BCUT2D eigenvalue weighted by molar-refractivity contribution is 7.56. The summed E-state index contributed by atoms with van der Waals surface area (Å²) in [6.45, 7) is 1.69. The number of benzene rings is 3. The molecule has 2 N–H and O–H groups in total. The quantitative estimate of drug-likeness (QED) is 0.197. The summed E-state index contributed by atoms with van der Waals surface area (Å²) in [7, 11) is -3.62. The molecule has 0 radical (unpaired) electrons. The molecule has 1 unspecified atom stereocenters. The standard InChI is InChI=1S/C26H24NO6PS/c1-18(26(30)32-16-19-8-4-2-5-9-19)27-34(31,33-22-10-6-3-7-11-22)17-20-12-13-23-21(14-20)15-24(35-23)25(28)29/h2-15,18H,16-17H2,1H3,(H,27,31)(H,28,29)/t18-,34?/m0/s1. The molecule has 0 aliphatic carbocycles. The van der Waals surface area contributed by atoms with Gasteiger partial charge in [0.25, 0.3) is 0 Å². The summed E-state index contributed by atoms with van der Waals surface area (Å²) < 4.78 is 26.1. The second-order valence-electron chi connectivity index (χ2n) is 7.97. The summed E-state index contributed by atoms with van der Waals surface area (Å²) in [6.07, 6.45) is -0.00755. The summed E-state index contributed by atoms with van der Waals surface area (Å²) in [5.41, 5.74) is 1.53. The van der Waals surface area contributed by atoms with Crippen molar-refractivity contribution in [3.63, 3.8) is 0 Å². The van der Waals surface area contributed by atoms with Gasteiger partial charge in [-0.25, -0.2) is 9.88 Å². The van der Waals surface area contributed by atoms with Crippen molar-refractivity contribution in [2.45, 2.75) is 25.7 Å². The summed E-state index contributed by atoms with van der Waals surface area (Å²) in [5, 5.41) is 12.9. The Hall–Kier alpha value is -3.45. The molecule has 0 aliphatic heterocycles. The van der Waals surface area contributed by atoms with Crippen molar-refractivity contribution in [2.24, 2.45) is 0 Å². The molecule has 4 aromatic rings. The van der Waals surface area contributed by atoms with Crippen LogP contribution in [0.5, 0.6) is 5.75 Å². The Morgan fingerprint density at radius 3 is 2.34 bits per heavy atom. The molecule has 0 bridgehead atoms. The lowest BCUT2D eigenvalue weighted by molar-refractivity contribution is -0.146. The third kappa shape index (κ3) is 6.57. The predicted molar refractivity (Wildman–Crippen MR) is 136 cm³/mol. The van der Waals surface area contributed by atoms with Gasteiger partial charge in [0.2, 0.25) is 0 Å². The van der Waals surface area contributed by atoms with Gasteiger partial charge in [-0.2, -0.15) is 0 Å². The van der Waals surface area contributed by atoms with E-state index in [1.807, 2.05) is 36.4 Å². The maximum atomic E-state index is 14.0. The highest BCUT2D eigenvalue weighted by Gasteiger charge is 2.31. The first-order valence-corrected chi connectivity index (χ1v) is 13.5. The molecule has 7 nitrogen and oxygen atoms in total. The molecule has 0 amide bonds. The first-order chi connectivity index (χ1) is 16.8. The number of carbonyl (C=O) groups is 2. The normalized spacial score (nSPS) is 13.6. The van der Waals surface area contributed by atoms with Gasteiger partial charge in [0.15, 0.2) is 0 Å². The van der Waals surface area contributed by atoms with Crippen LogP contribution in [0.2, 0.25) is 0 Å². The van der Waals surface area contributed by atoms with Crippen molar-refractivity contribution >= 4 is 40.9 Å². The topological polar surface area (TPSA) is 102 Å². The second-order valence-corrected chi connectivity index (χ2v) is 11.2. The first kappa shape index (κ1) is 24.7. The van der Waals surface area contributed by atoms with E-state index in [-0.39, 0.29) is 17.6 Å². The van der Waals surface area contributed by atoms with Gasteiger partial charge in [0, 0.05) is 4.70 Å². The molecular weight excluding hydrogens is 485 g/mol. The number of hydrogen-bond acceptors (Lipinski definition) is 6. The fourth-order valence-electron chi connectivity index (χ4n) is 3.49. The number of hydrogen-bond donors (Lipinski definition) is 2. The van der Waals surface area contributed by atoms with Crippen LogP contribution >= 0.6 is 18.9 Å². The molecule has 0 aliphatic rings. The number of aromatic carboxylic acids is 1. The van der Waals surface area contributed by atoms with Crippen LogP contribution in [0.1, 0.15) is 27.7 Å². The number of nitrogens with one attached hydrogen (secondary N) is 1. The molecule has 1 aromatic heterocycles. The zero-order chi connectivity index (χ0) is 24.8. The summed E-state index contributed by atoms with van der Waals surface area (Å²) in [4.78, 5) is 24.2. The number of esters is 1. The Labute approximate surface area is 206 Å². The van der Waals surface area contributed by atoms with Gasteiger partial charge in [-0.1, -0.05) is 54.6 Å². The van der Waals surface area contributed by atoms with E-state index in [2.05, 4.69) is 5.09 Å². The van der Waals surface area contributed by atoms with Gasteiger partial charge in [-0.15, -0.1) is 11.3 Å². The number of fused-ring (bicyclic) bond motifs is 1. The maximum absolute atomic E-state index is 14.0. The van der Waals surface area contributed by atoms with Crippen LogP contribution in [0.15, 0.2) is 84.9 Å². The molecule has 180 valence electrons. The van der Waals surface area contributed by atoms with Crippen molar-refractivity contribution in [3.8, 4) is 5.75 Å². The van der Waals surface area contributed by atoms with E-state index in [1.165, 1.54) is 11.3 Å². The average molecular weight is 510 g/mol. The monoisotopic (exact) mass is 509 g/mol. The molecule has 0 spiro atoms. The highest BCUT2D eigenvalue weighted by Crippen LogP contribution is 2.47. The third-order valence-electron chi connectivity index (χ3n) is 5.15.